The van der Waals surface area contributed by atoms with Gasteiger partial charge in [-0.2, -0.15) is 5.10 Å². The number of hydrogen-bond acceptors (Lipinski definition) is 4. The lowest BCUT2D eigenvalue weighted by atomic mass is 9.82. The highest BCUT2D eigenvalue weighted by atomic mass is 35.5. The Hall–Kier alpha value is -2.47. The summed E-state index contributed by atoms with van der Waals surface area (Å²) in [5.41, 5.74) is 2.86. The molecule has 0 bridgehead atoms. The summed E-state index contributed by atoms with van der Waals surface area (Å²) in [7, 11) is 0. The predicted octanol–water partition coefficient (Wildman–Crippen LogP) is 4.02. The van der Waals surface area contributed by atoms with Crippen molar-refractivity contribution >= 4 is 17.4 Å². The van der Waals surface area contributed by atoms with Gasteiger partial charge in [-0.1, -0.05) is 35.9 Å². The topological polar surface area (TPSA) is 75.3 Å². The van der Waals surface area contributed by atoms with Crippen molar-refractivity contribution in [2.24, 2.45) is 0 Å². The van der Waals surface area contributed by atoms with E-state index < -0.39 is 5.60 Å². The summed E-state index contributed by atoms with van der Waals surface area (Å²) in [5, 5.41) is 25.8. The molecule has 1 aromatic heterocycles. The molecule has 28 heavy (non-hydrogen) atoms. The van der Waals surface area contributed by atoms with Crippen LogP contribution in [0.4, 0.5) is 0 Å². The molecule has 144 valence electrons. The van der Waals surface area contributed by atoms with E-state index in [9.17, 15) is 15.0 Å². The SMILES string of the molecule is O=C1CCC(O)(c2cc(-c3ccc(CO)cc3)n(-c3ccc(Cl)cc3)n2)CC1. The van der Waals surface area contributed by atoms with E-state index in [2.05, 4.69) is 0 Å². The largest absolute Gasteiger partial charge is 0.392 e. The summed E-state index contributed by atoms with van der Waals surface area (Å²) in [6.07, 6.45) is 1.49. The van der Waals surface area contributed by atoms with Crippen molar-refractivity contribution in [3.05, 3.63) is 70.9 Å². The van der Waals surface area contributed by atoms with Crippen molar-refractivity contribution in [2.45, 2.75) is 37.9 Å². The average Bonchev–Trinajstić information content (AvgIpc) is 3.17. The molecule has 1 aliphatic rings. The molecule has 5 nitrogen and oxygen atoms in total. The van der Waals surface area contributed by atoms with Crippen LogP contribution in [-0.2, 0) is 17.0 Å². The summed E-state index contributed by atoms with van der Waals surface area (Å²) >= 11 is 6.03. The van der Waals surface area contributed by atoms with Crippen molar-refractivity contribution in [2.75, 3.05) is 0 Å². The zero-order chi connectivity index (χ0) is 19.7. The first-order valence-electron chi connectivity index (χ1n) is 9.29. The van der Waals surface area contributed by atoms with Crippen LogP contribution in [0.1, 0.15) is 36.9 Å². The number of benzene rings is 2. The summed E-state index contributed by atoms with van der Waals surface area (Å²) in [6.45, 7) is -0.0181. The van der Waals surface area contributed by atoms with Crippen molar-refractivity contribution in [1.29, 1.82) is 0 Å². The summed E-state index contributed by atoms with van der Waals surface area (Å²) < 4.78 is 1.79. The monoisotopic (exact) mass is 396 g/mol. The molecule has 2 N–H and O–H groups in total. The highest BCUT2D eigenvalue weighted by Crippen LogP contribution is 2.37. The maximum atomic E-state index is 11.6. The molecular formula is C22H21ClN2O3. The van der Waals surface area contributed by atoms with E-state index in [0.717, 1.165) is 22.5 Å². The number of aliphatic hydroxyl groups is 2. The molecule has 0 saturated heterocycles. The summed E-state index contributed by atoms with van der Waals surface area (Å²) in [4.78, 5) is 11.6. The van der Waals surface area contributed by atoms with E-state index in [0.29, 0.717) is 36.4 Å². The number of aliphatic hydroxyl groups excluding tert-OH is 1. The van der Waals surface area contributed by atoms with Crippen molar-refractivity contribution in [1.82, 2.24) is 9.78 Å². The number of aromatic nitrogens is 2. The second-order valence-electron chi connectivity index (χ2n) is 7.23. The Morgan fingerprint density at radius 1 is 1.04 bits per heavy atom. The zero-order valence-corrected chi connectivity index (χ0v) is 16.1. The van der Waals surface area contributed by atoms with Crippen LogP contribution in [0, 0.1) is 0 Å². The lowest BCUT2D eigenvalue weighted by Gasteiger charge is -2.29. The number of halogens is 1. The Balaban J connectivity index is 1.81. The first-order chi connectivity index (χ1) is 13.5. The van der Waals surface area contributed by atoms with Gasteiger partial charge in [0.15, 0.2) is 0 Å². The maximum Gasteiger partial charge on any atom is 0.133 e. The van der Waals surface area contributed by atoms with Crippen LogP contribution in [0.2, 0.25) is 5.02 Å². The molecule has 1 heterocycles. The number of ketones is 1. The van der Waals surface area contributed by atoms with E-state index in [1.54, 1.807) is 16.8 Å². The molecule has 0 amide bonds. The van der Waals surface area contributed by atoms with E-state index in [1.165, 1.54) is 0 Å². The fourth-order valence-electron chi connectivity index (χ4n) is 3.57. The van der Waals surface area contributed by atoms with Crippen molar-refractivity contribution < 1.29 is 15.0 Å². The molecule has 0 spiro atoms. The molecule has 2 aromatic carbocycles. The lowest BCUT2D eigenvalue weighted by molar-refractivity contribution is -0.125. The fourth-order valence-corrected chi connectivity index (χ4v) is 3.70. The highest BCUT2D eigenvalue weighted by molar-refractivity contribution is 6.30. The second kappa shape index (κ2) is 7.51. The van der Waals surface area contributed by atoms with Gasteiger partial charge in [-0.15, -0.1) is 0 Å². The van der Waals surface area contributed by atoms with Crippen molar-refractivity contribution in [3.8, 4) is 16.9 Å². The molecule has 3 aromatic rings. The van der Waals surface area contributed by atoms with Gasteiger partial charge in [-0.05, 0) is 48.7 Å². The van der Waals surface area contributed by atoms with Gasteiger partial charge in [-0.25, -0.2) is 4.68 Å². The summed E-state index contributed by atoms with van der Waals surface area (Å²) in [5.74, 6) is 0.182. The Morgan fingerprint density at radius 3 is 2.29 bits per heavy atom. The summed E-state index contributed by atoms with van der Waals surface area (Å²) in [6, 6.07) is 16.8. The Bertz CT molecular complexity index is 984. The van der Waals surface area contributed by atoms with E-state index in [1.807, 2.05) is 42.5 Å². The molecule has 0 radical (unpaired) electrons. The normalized spacial score (nSPS) is 16.3. The van der Waals surface area contributed by atoms with Gasteiger partial charge in [0, 0.05) is 23.4 Å². The molecular weight excluding hydrogens is 376 g/mol. The Kier molecular flexibility index (Phi) is 5.06. The van der Waals surface area contributed by atoms with Crippen LogP contribution in [0.5, 0.6) is 0 Å². The van der Waals surface area contributed by atoms with Crippen LogP contribution < -0.4 is 0 Å². The molecule has 0 aliphatic heterocycles. The molecule has 4 rings (SSSR count). The van der Waals surface area contributed by atoms with Gasteiger partial charge in [0.05, 0.1) is 23.7 Å². The molecule has 0 unspecified atom stereocenters. The van der Waals surface area contributed by atoms with Gasteiger partial charge >= 0.3 is 0 Å². The lowest BCUT2D eigenvalue weighted by Crippen LogP contribution is -2.32. The van der Waals surface area contributed by atoms with Gasteiger partial charge in [0.2, 0.25) is 0 Å². The van der Waals surface area contributed by atoms with Crippen LogP contribution in [0.15, 0.2) is 54.6 Å². The maximum absolute atomic E-state index is 11.6. The quantitative estimate of drug-likeness (QED) is 0.698. The zero-order valence-electron chi connectivity index (χ0n) is 15.3. The number of carbonyl (C=O) groups is 1. The number of nitrogens with zero attached hydrogens (tertiary/aromatic N) is 2. The highest BCUT2D eigenvalue weighted by Gasteiger charge is 2.37. The Morgan fingerprint density at radius 2 is 1.68 bits per heavy atom. The smallest absolute Gasteiger partial charge is 0.133 e. The predicted molar refractivity (Wildman–Crippen MR) is 107 cm³/mol. The van der Waals surface area contributed by atoms with Gasteiger partial charge < -0.3 is 10.2 Å². The third-order valence-corrected chi connectivity index (χ3v) is 5.58. The number of hydrogen-bond donors (Lipinski definition) is 2. The van der Waals surface area contributed by atoms with Gasteiger partial charge in [0.1, 0.15) is 11.4 Å². The first-order valence-corrected chi connectivity index (χ1v) is 9.67. The van der Waals surface area contributed by atoms with Crippen LogP contribution in [0.25, 0.3) is 16.9 Å². The number of Topliss-reactive ketones (excluding diaryl/α,β-unsaturated/α-hetero) is 1. The minimum absolute atomic E-state index is 0.0181. The van der Waals surface area contributed by atoms with Crippen LogP contribution in [-0.4, -0.2) is 25.8 Å². The minimum atomic E-state index is -1.11. The average molecular weight is 397 g/mol. The second-order valence-corrected chi connectivity index (χ2v) is 7.66. The fraction of sp³-hybridized carbons (Fsp3) is 0.273. The van der Waals surface area contributed by atoms with Crippen molar-refractivity contribution in [3.63, 3.8) is 0 Å². The third kappa shape index (κ3) is 3.61. The van der Waals surface area contributed by atoms with E-state index >= 15 is 0 Å². The molecule has 6 heteroatoms. The van der Waals surface area contributed by atoms with Crippen LogP contribution in [0.3, 0.4) is 0 Å². The first kappa shape index (κ1) is 18.9. The van der Waals surface area contributed by atoms with Gasteiger partial charge in [0.25, 0.3) is 0 Å². The van der Waals surface area contributed by atoms with Crippen LogP contribution >= 0.6 is 11.6 Å². The number of rotatable bonds is 4. The van der Waals surface area contributed by atoms with E-state index in [4.69, 9.17) is 16.7 Å². The molecule has 1 aliphatic carbocycles. The molecule has 0 atom stereocenters. The minimum Gasteiger partial charge on any atom is -0.392 e. The molecule has 1 fully saturated rings. The Labute approximate surface area is 168 Å². The molecule has 1 saturated carbocycles. The standard InChI is InChI=1S/C22H21ClN2O3/c23-17-5-7-18(8-6-17)25-20(16-3-1-15(14-26)2-4-16)13-21(24-25)22(28)11-9-19(27)10-12-22/h1-8,13,26,28H,9-12,14H2. The van der Waals surface area contributed by atoms with E-state index in [-0.39, 0.29) is 12.4 Å². The third-order valence-electron chi connectivity index (χ3n) is 5.32. The number of carbonyl (C=O) groups excluding carboxylic acids is 1. The van der Waals surface area contributed by atoms with Gasteiger partial charge in [-0.3, -0.25) is 4.79 Å².